The molecule has 1 aromatic heterocycles. The van der Waals surface area contributed by atoms with Gasteiger partial charge in [-0.15, -0.1) is 0 Å². The van der Waals surface area contributed by atoms with E-state index < -0.39 is 5.97 Å². The number of carbonyl (C=O) groups excluding carboxylic acids is 1. The second kappa shape index (κ2) is 8.30. The molecule has 0 unspecified atom stereocenters. The monoisotopic (exact) mass is 380 g/mol. The van der Waals surface area contributed by atoms with Crippen LogP contribution in [0.25, 0.3) is 18.3 Å². The van der Waals surface area contributed by atoms with Crippen LogP contribution in [0.2, 0.25) is 0 Å². The Bertz CT molecular complexity index is 1150. The summed E-state index contributed by atoms with van der Waals surface area (Å²) >= 11 is 0. The van der Waals surface area contributed by atoms with Gasteiger partial charge in [-0.1, -0.05) is 30.8 Å². The van der Waals surface area contributed by atoms with Crippen molar-refractivity contribution in [1.82, 2.24) is 9.78 Å². The molecule has 0 radical (unpaired) electrons. The zero-order chi connectivity index (χ0) is 20.1. The van der Waals surface area contributed by atoms with E-state index in [1.807, 2.05) is 30.3 Å². The lowest BCUT2D eigenvalue weighted by molar-refractivity contribution is -0.142. The van der Waals surface area contributed by atoms with E-state index in [2.05, 4.69) is 16.4 Å². The fraction of sp³-hybridized carbons (Fsp3) is 0.143. The molecule has 3 aromatic rings. The van der Waals surface area contributed by atoms with Gasteiger partial charge in [-0.3, -0.25) is 9.89 Å². The van der Waals surface area contributed by atoms with Gasteiger partial charge in [0, 0.05) is 0 Å². The molecule has 0 spiro atoms. The molecule has 0 fully saturated rings. The second-order valence-corrected chi connectivity index (χ2v) is 5.90. The maximum atomic E-state index is 12.8. The fourth-order valence-electron chi connectivity index (χ4n) is 2.66. The summed E-state index contributed by atoms with van der Waals surface area (Å²) in [6, 6.07) is 14.4. The average Bonchev–Trinajstić information content (AvgIpc) is 3.01. The molecule has 0 bridgehead atoms. The lowest BCUT2D eigenvalue weighted by Crippen LogP contribution is -2.33. The summed E-state index contributed by atoms with van der Waals surface area (Å²) in [5, 5.41) is 3.92. The first kappa shape index (κ1) is 19.0. The molecule has 0 atom stereocenters. The van der Waals surface area contributed by atoms with Crippen molar-refractivity contribution in [2.75, 3.05) is 20.8 Å². The maximum Gasteiger partial charge on any atom is 0.343 e. The van der Waals surface area contributed by atoms with Gasteiger partial charge in [0.25, 0.3) is 5.56 Å². The highest BCUT2D eigenvalue weighted by Gasteiger charge is 2.09. The first-order valence-corrected chi connectivity index (χ1v) is 8.48. The highest BCUT2D eigenvalue weighted by Crippen LogP contribution is 2.28. The number of ether oxygens (including phenoxy) is 3. The van der Waals surface area contributed by atoms with E-state index in [1.54, 1.807) is 24.3 Å². The Morgan fingerprint density at radius 3 is 2.57 bits per heavy atom. The molecule has 1 heterocycles. The average molecular weight is 380 g/mol. The minimum absolute atomic E-state index is 0.207. The molecule has 144 valence electrons. The Hall–Kier alpha value is -3.74. The van der Waals surface area contributed by atoms with Gasteiger partial charge in [0.05, 0.1) is 30.5 Å². The lowest BCUT2D eigenvalue weighted by Gasteiger charge is -2.10. The van der Waals surface area contributed by atoms with Crippen LogP contribution in [0.3, 0.4) is 0 Å². The summed E-state index contributed by atoms with van der Waals surface area (Å²) in [6.07, 6.45) is 1.72. The van der Waals surface area contributed by atoms with Gasteiger partial charge in [0.1, 0.15) is 0 Å². The molecule has 7 nitrogen and oxygen atoms in total. The van der Waals surface area contributed by atoms with Crippen LogP contribution in [0.15, 0.2) is 53.3 Å². The topological polar surface area (TPSA) is 82.6 Å². The number of para-hydroxylation sites is 1. The van der Waals surface area contributed by atoms with Gasteiger partial charge in [-0.2, -0.15) is 0 Å². The molecule has 0 saturated carbocycles. The predicted molar refractivity (Wildman–Crippen MR) is 105 cm³/mol. The molecule has 0 aliphatic heterocycles. The third kappa shape index (κ3) is 3.98. The van der Waals surface area contributed by atoms with Crippen molar-refractivity contribution in [2.24, 2.45) is 0 Å². The molecule has 2 aromatic carbocycles. The SMILES string of the molecule is C=c1[nH]n(-c2ccccc2)c(=O)/c1=C/c1ccc(OCC(=O)OC)c(OC)c1. The zero-order valence-electron chi connectivity index (χ0n) is 15.6. The number of hydrogen-bond acceptors (Lipinski definition) is 5. The summed E-state index contributed by atoms with van der Waals surface area (Å²) in [6.45, 7) is 3.70. The Labute approximate surface area is 161 Å². The highest BCUT2D eigenvalue weighted by molar-refractivity contribution is 5.71. The van der Waals surface area contributed by atoms with Crippen LogP contribution < -0.4 is 25.6 Å². The molecular weight excluding hydrogens is 360 g/mol. The number of carbonyl (C=O) groups is 1. The van der Waals surface area contributed by atoms with E-state index in [-0.39, 0.29) is 12.2 Å². The lowest BCUT2D eigenvalue weighted by atomic mass is 10.1. The summed E-state index contributed by atoms with van der Waals surface area (Å²) in [7, 11) is 2.78. The number of aromatic amines is 1. The summed E-state index contributed by atoms with van der Waals surface area (Å²) < 4.78 is 16.7. The molecule has 0 aliphatic rings. The quantitative estimate of drug-likeness (QED) is 0.645. The van der Waals surface area contributed by atoms with E-state index in [0.29, 0.717) is 22.1 Å². The highest BCUT2D eigenvalue weighted by atomic mass is 16.6. The van der Waals surface area contributed by atoms with Gasteiger partial charge in [0.15, 0.2) is 18.1 Å². The number of hydrogen-bond donors (Lipinski definition) is 1. The molecule has 7 heteroatoms. The molecule has 28 heavy (non-hydrogen) atoms. The molecule has 1 N–H and O–H groups in total. The number of rotatable bonds is 6. The Balaban J connectivity index is 1.98. The summed E-state index contributed by atoms with van der Waals surface area (Å²) in [5.41, 5.74) is 1.24. The normalized spacial score (nSPS) is 11.3. The smallest absolute Gasteiger partial charge is 0.343 e. The van der Waals surface area contributed by atoms with E-state index in [4.69, 9.17) is 9.47 Å². The van der Waals surface area contributed by atoms with Crippen molar-refractivity contribution in [3.05, 3.63) is 75.0 Å². The van der Waals surface area contributed by atoms with Gasteiger partial charge in [-0.05, 0) is 35.9 Å². The number of nitrogens with one attached hydrogen (secondary N) is 1. The van der Waals surface area contributed by atoms with Gasteiger partial charge in [-0.25, -0.2) is 9.48 Å². The molecular formula is C21H20N2O5. The van der Waals surface area contributed by atoms with Crippen LogP contribution in [0.1, 0.15) is 5.56 Å². The van der Waals surface area contributed by atoms with Gasteiger partial charge >= 0.3 is 5.97 Å². The van der Waals surface area contributed by atoms with Crippen LogP contribution in [-0.4, -0.2) is 36.6 Å². The Kier molecular flexibility index (Phi) is 5.64. The van der Waals surface area contributed by atoms with Crippen molar-refractivity contribution >= 4 is 18.6 Å². The predicted octanol–water partition coefficient (Wildman–Crippen LogP) is 0.965. The number of aromatic nitrogens is 2. The van der Waals surface area contributed by atoms with Crippen LogP contribution in [-0.2, 0) is 9.53 Å². The van der Waals surface area contributed by atoms with Crippen molar-refractivity contribution in [3.63, 3.8) is 0 Å². The third-order valence-electron chi connectivity index (χ3n) is 4.09. The number of nitrogens with zero attached hydrogens (tertiary/aromatic N) is 1. The minimum Gasteiger partial charge on any atom is -0.493 e. The molecule has 0 aliphatic carbocycles. The van der Waals surface area contributed by atoms with E-state index in [9.17, 15) is 9.59 Å². The van der Waals surface area contributed by atoms with Crippen LogP contribution in [0.5, 0.6) is 11.5 Å². The van der Waals surface area contributed by atoms with Crippen LogP contribution in [0.4, 0.5) is 0 Å². The van der Waals surface area contributed by atoms with E-state index >= 15 is 0 Å². The minimum atomic E-state index is -0.492. The van der Waals surface area contributed by atoms with Crippen molar-refractivity contribution in [1.29, 1.82) is 0 Å². The third-order valence-corrected chi connectivity index (χ3v) is 4.09. The molecule has 0 amide bonds. The number of methoxy groups -OCH3 is 2. The Morgan fingerprint density at radius 2 is 1.89 bits per heavy atom. The summed E-state index contributed by atoms with van der Waals surface area (Å²) in [5.74, 6) is 0.339. The van der Waals surface area contributed by atoms with Gasteiger partial charge < -0.3 is 14.2 Å². The van der Waals surface area contributed by atoms with Gasteiger partial charge in [0.2, 0.25) is 0 Å². The summed E-state index contributed by atoms with van der Waals surface area (Å²) in [4.78, 5) is 24.0. The van der Waals surface area contributed by atoms with Crippen molar-refractivity contribution < 1.29 is 19.0 Å². The van der Waals surface area contributed by atoms with E-state index in [1.165, 1.54) is 18.9 Å². The largest absolute Gasteiger partial charge is 0.493 e. The van der Waals surface area contributed by atoms with Crippen LogP contribution >= 0.6 is 0 Å². The van der Waals surface area contributed by atoms with E-state index in [0.717, 1.165) is 11.3 Å². The molecule has 3 rings (SSSR count). The van der Waals surface area contributed by atoms with Crippen LogP contribution in [0, 0.1) is 0 Å². The molecule has 0 saturated heterocycles. The number of benzene rings is 2. The number of H-pyrrole nitrogens is 1. The fourth-order valence-corrected chi connectivity index (χ4v) is 2.66. The second-order valence-electron chi connectivity index (χ2n) is 5.90. The first-order chi connectivity index (χ1) is 13.5. The van der Waals surface area contributed by atoms with Crippen molar-refractivity contribution in [3.8, 4) is 17.2 Å². The Morgan fingerprint density at radius 1 is 1.14 bits per heavy atom. The maximum absolute atomic E-state index is 12.8. The van der Waals surface area contributed by atoms with Crippen molar-refractivity contribution in [2.45, 2.75) is 0 Å². The number of esters is 1. The zero-order valence-corrected chi connectivity index (χ0v) is 15.6. The standard InChI is InChI=1S/C21H20N2O5/c1-14-17(21(25)23(22-14)16-7-5-4-6-8-16)11-15-9-10-18(19(12-15)26-2)28-13-20(24)27-3/h4-12,22H,1,13H2,2-3H3/b17-11+. The first-order valence-electron chi connectivity index (χ1n) is 8.48.